The third-order valence-electron chi connectivity index (χ3n) is 3.36. The summed E-state index contributed by atoms with van der Waals surface area (Å²) in [7, 11) is -0.927. The van der Waals surface area contributed by atoms with Gasteiger partial charge in [-0.25, -0.2) is 0 Å². The first-order valence-corrected chi connectivity index (χ1v) is 10.7. The lowest BCUT2D eigenvalue weighted by molar-refractivity contribution is 0.483. The van der Waals surface area contributed by atoms with Crippen LogP contribution in [0.5, 0.6) is 0 Å². The molecule has 0 aliphatic heterocycles. The van der Waals surface area contributed by atoms with Gasteiger partial charge in [-0.15, -0.1) is 0 Å². The van der Waals surface area contributed by atoms with E-state index in [0.717, 1.165) is 25.4 Å². The summed E-state index contributed by atoms with van der Waals surface area (Å²) >= 11 is 5.45. The number of benzene rings is 2. The molecule has 0 aliphatic rings. The van der Waals surface area contributed by atoms with Gasteiger partial charge in [0.15, 0.2) is 0 Å². The summed E-state index contributed by atoms with van der Waals surface area (Å²) in [6.07, 6.45) is 0.634. The summed E-state index contributed by atoms with van der Waals surface area (Å²) in [5, 5.41) is 0. The van der Waals surface area contributed by atoms with Gasteiger partial charge in [0.25, 0.3) is 10.1 Å². The van der Waals surface area contributed by atoms with Gasteiger partial charge in [-0.3, -0.25) is 4.55 Å². The molecule has 0 amide bonds. The van der Waals surface area contributed by atoms with Crippen LogP contribution in [0.25, 0.3) is 10.4 Å². The quantitative estimate of drug-likeness (QED) is 0.391. The molecule has 3 aromatic rings. The molecule has 1 N–H and O–H groups in total. The average molecular weight is 381 g/mol. The first-order chi connectivity index (χ1) is 10.9. The maximum Gasteiger partial charge on any atom is 0.294 e. The van der Waals surface area contributed by atoms with Crippen molar-refractivity contribution < 1.29 is 13.0 Å². The van der Waals surface area contributed by atoms with Crippen LogP contribution in [-0.4, -0.2) is 13.0 Å². The molecular weight excluding hydrogens is 368 g/mol. The van der Waals surface area contributed by atoms with E-state index in [1.165, 1.54) is 12.1 Å². The highest BCUT2D eigenvalue weighted by molar-refractivity contribution is 7.85. The van der Waals surface area contributed by atoms with Crippen LogP contribution >= 0.6 is 32.9 Å². The van der Waals surface area contributed by atoms with Crippen LogP contribution in [0.3, 0.4) is 0 Å². The molecule has 0 unspecified atom stereocenters. The maximum absolute atomic E-state index is 11.1. The van der Waals surface area contributed by atoms with Crippen molar-refractivity contribution in [2.45, 2.75) is 11.3 Å². The summed E-state index contributed by atoms with van der Waals surface area (Å²) in [6, 6.07) is 16.3. The minimum atomic E-state index is -4.16. The molecule has 0 radical (unpaired) electrons. The zero-order valence-corrected chi connectivity index (χ0v) is 15.1. The molecule has 0 fully saturated rings. The normalized spacial score (nSPS) is 11.5. The second-order valence-corrected chi connectivity index (χ2v) is 9.16. The molecule has 2 aromatic carbocycles. The van der Waals surface area contributed by atoms with Gasteiger partial charge in [0.05, 0.1) is 9.77 Å². The molecule has 1 aromatic heterocycles. The van der Waals surface area contributed by atoms with Crippen LogP contribution in [0.15, 0.2) is 59.5 Å². The molecule has 0 saturated heterocycles. The van der Waals surface area contributed by atoms with Gasteiger partial charge in [0, 0.05) is 12.0 Å². The molecule has 1 heterocycles. The van der Waals surface area contributed by atoms with Crippen molar-refractivity contribution in [2.75, 3.05) is 0 Å². The summed E-state index contributed by atoms with van der Waals surface area (Å²) in [5.41, 5.74) is 3.17. The number of hydrogen-bond donors (Lipinski definition) is 1. The Morgan fingerprint density at radius 2 is 1.61 bits per heavy atom. The van der Waals surface area contributed by atoms with Crippen molar-refractivity contribution in [3.63, 3.8) is 0 Å². The monoisotopic (exact) mass is 380 g/mol. The SMILES string of the molecule is O=S(=O)(O)c1ccc(Cc2c(-c3ccccc3)ssc2=S)cc1. The summed E-state index contributed by atoms with van der Waals surface area (Å²) in [6.45, 7) is 0. The van der Waals surface area contributed by atoms with Crippen LogP contribution < -0.4 is 0 Å². The Morgan fingerprint density at radius 1 is 0.957 bits per heavy atom. The first-order valence-electron chi connectivity index (χ1n) is 6.69. The zero-order chi connectivity index (χ0) is 16.4. The van der Waals surface area contributed by atoms with Gasteiger partial charge in [-0.1, -0.05) is 75.4 Å². The summed E-state index contributed by atoms with van der Waals surface area (Å²) in [5.74, 6) is 0. The average Bonchev–Trinajstić information content (AvgIpc) is 2.89. The molecule has 0 bridgehead atoms. The predicted octanol–water partition coefficient (Wildman–Crippen LogP) is 5.04. The van der Waals surface area contributed by atoms with E-state index in [9.17, 15) is 8.42 Å². The molecule has 0 spiro atoms. The van der Waals surface area contributed by atoms with Crippen LogP contribution in [0.1, 0.15) is 11.1 Å². The second-order valence-electron chi connectivity index (χ2n) is 4.92. The van der Waals surface area contributed by atoms with Crippen LogP contribution in [0, 0.1) is 3.82 Å². The van der Waals surface area contributed by atoms with E-state index in [2.05, 4.69) is 12.1 Å². The van der Waals surface area contributed by atoms with Crippen molar-refractivity contribution in [3.05, 3.63) is 69.5 Å². The van der Waals surface area contributed by atoms with Crippen molar-refractivity contribution in [3.8, 4) is 10.4 Å². The van der Waals surface area contributed by atoms with Gasteiger partial charge < -0.3 is 0 Å². The fourth-order valence-corrected chi connectivity index (χ4v) is 5.62. The Kier molecular flexibility index (Phi) is 4.74. The van der Waals surface area contributed by atoms with Crippen molar-refractivity contribution in [1.29, 1.82) is 0 Å². The van der Waals surface area contributed by atoms with E-state index >= 15 is 0 Å². The van der Waals surface area contributed by atoms with Gasteiger partial charge in [0.2, 0.25) is 0 Å². The van der Waals surface area contributed by atoms with E-state index in [1.807, 2.05) is 18.2 Å². The standard InChI is InChI=1S/C16H12O3S4/c17-23(18,19)13-8-6-11(7-9-13)10-14-15(21-22-16(14)20)12-4-2-1-3-5-12/h1-9H,10H2,(H,17,18,19). The maximum atomic E-state index is 11.1. The molecule has 23 heavy (non-hydrogen) atoms. The van der Waals surface area contributed by atoms with Gasteiger partial charge in [0.1, 0.15) is 3.82 Å². The molecule has 7 heteroatoms. The molecule has 0 saturated carbocycles. The second kappa shape index (κ2) is 6.62. The van der Waals surface area contributed by atoms with Crippen LogP contribution in [0.4, 0.5) is 0 Å². The highest BCUT2D eigenvalue weighted by Crippen LogP contribution is 2.35. The van der Waals surface area contributed by atoms with E-state index in [0.29, 0.717) is 6.42 Å². The lowest BCUT2D eigenvalue weighted by Crippen LogP contribution is -1.98. The largest absolute Gasteiger partial charge is 0.294 e. The Hall–Kier alpha value is -1.38. The smallest absolute Gasteiger partial charge is 0.282 e. The molecule has 3 nitrogen and oxygen atoms in total. The van der Waals surface area contributed by atoms with E-state index in [-0.39, 0.29) is 4.90 Å². The lowest BCUT2D eigenvalue weighted by atomic mass is 10.0. The number of hydrogen-bond acceptors (Lipinski definition) is 5. The fourth-order valence-electron chi connectivity index (χ4n) is 2.22. The van der Waals surface area contributed by atoms with Crippen molar-refractivity contribution in [1.82, 2.24) is 0 Å². The molecule has 0 atom stereocenters. The molecule has 3 rings (SSSR count). The minimum Gasteiger partial charge on any atom is -0.282 e. The van der Waals surface area contributed by atoms with Gasteiger partial charge >= 0.3 is 0 Å². The Labute approximate surface area is 147 Å². The third-order valence-corrected chi connectivity index (χ3v) is 7.42. The van der Waals surface area contributed by atoms with E-state index < -0.39 is 10.1 Å². The first kappa shape index (κ1) is 16.5. The Morgan fingerprint density at radius 3 is 2.22 bits per heavy atom. The Bertz CT molecular complexity index is 968. The molecule has 0 aliphatic carbocycles. The summed E-state index contributed by atoms with van der Waals surface area (Å²) < 4.78 is 32.1. The van der Waals surface area contributed by atoms with Crippen LogP contribution in [0.2, 0.25) is 0 Å². The van der Waals surface area contributed by atoms with E-state index in [1.54, 1.807) is 32.8 Å². The van der Waals surface area contributed by atoms with Crippen LogP contribution in [-0.2, 0) is 16.5 Å². The van der Waals surface area contributed by atoms with Gasteiger partial charge in [-0.2, -0.15) is 8.42 Å². The summed E-state index contributed by atoms with van der Waals surface area (Å²) in [4.78, 5) is 1.05. The zero-order valence-electron chi connectivity index (χ0n) is 11.8. The third kappa shape index (κ3) is 3.76. The van der Waals surface area contributed by atoms with Gasteiger partial charge in [-0.05, 0) is 23.3 Å². The highest BCUT2D eigenvalue weighted by Gasteiger charge is 2.13. The Balaban J connectivity index is 1.95. The minimum absolute atomic E-state index is 0.101. The lowest BCUT2D eigenvalue weighted by Gasteiger charge is -2.05. The topological polar surface area (TPSA) is 54.4 Å². The van der Waals surface area contributed by atoms with Crippen molar-refractivity contribution in [2.24, 2.45) is 0 Å². The highest BCUT2D eigenvalue weighted by atomic mass is 32.9. The van der Waals surface area contributed by atoms with Crippen molar-refractivity contribution >= 4 is 43.0 Å². The van der Waals surface area contributed by atoms with E-state index in [4.69, 9.17) is 16.8 Å². The fraction of sp³-hybridized carbons (Fsp3) is 0.0625. The predicted molar refractivity (Wildman–Crippen MR) is 97.5 cm³/mol. The molecule has 118 valence electrons. The molecular formula is C16H12O3S4. The number of rotatable bonds is 4.